The second-order valence-electron chi connectivity index (χ2n) is 7.85. The summed E-state index contributed by atoms with van der Waals surface area (Å²) >= 11 is 5.72. The Bertz CT molecular complexity index is 1330. The largest absolute Gasteiger partial charge is 0.497 e. The van der Waals surface area contributed by atoms with Crippen LogP contribution in [0.3, 0.4) is 0 Å². The zero-order valence-electron chi connectivity index (χ0n) is 20.0. The van der Waals surface area contributed by atoms with E-state index in [1.54, 1.807) is 37.3 Å². The summed E-state index contributed by atoms with van der Waals surface area (Å²) in [4.78, 5) is 20.2. The molecule has 0 atom stereocenters. The molecule has 0 spiro atoms. The van der Waals surface area contributed by atoms with Gasteiger partial charge in [0, 0.05) is 12.7 Å². The van der Waals surface area contributed by atoms with Gasteiger partial charge in [-0.1, -0.05) is 18.2 Å². The van der Waals surface area contributed by atoms with Gasteiger partial charge in [0.2, 0.25) is 0 Å². The smallest absolute Gasteiger partial charge is 0.266 e. The van der Waals surface area contributed by atoms with Gasteiger partial charge in [-0.05, 0) is 111 Å². The number of halogens is 3. The van der Waals surface area contributed by atoms with Crippen LogP contribution in [-0.4, -0.2) is 43.3 Å². The molecular weight excluding hydrogens is 721 g/mol. The van der Waals surface area contributed by atoms with E-state index in [0.29, 0.717) is 34.5 Å². The number of carbonyl (C=O) groups excluding carboxylic acids is 1. The van der Waals surface area contributed by atoms with Gasteiger partial charge in [0.05, 0.1) is 38.0 Å². The highest BCUT2D eigenvalue weighted by molar-refractivity contribution is 14.1. The van der Waals surface area contributed by atoms with Gasteiger partial charge in [-0.25, -0.2) is 9.38 Å². The van der Waals surface area contributed by atoms with E-state index < -0.39 is 0 Å². The summed E-state index contributed by atoms with van der Waals surface area (Å²) in [6.45, 7) is 0.921. The lowest BCUT2D eigenvalue weighted by atomic mass is 10.2. The molecule has 37 heavy (non-hydrogen) atoms. The quantitative estimate of drug-likeness (QED) is 0.177. The highest BCUT2D eigenvalue weighted by atomic mass is 127. The minimum atomic E-state index is -0.296. The summed E-state index contributed by atoms with van der Waals surface area (Å²) in [6.07, 6.45) is 1.86. The van der Waals surface area contributed by atoms with Crippen LogP contribution in [0.25, 0.3) is 6.08 Å². The van der Waals surface area contributed by atoms with Gasteiger partial charge < -0.3 is 14.2 Å². The van der Waals surface area contributed by atoms with Crippen LogP contribution in [0, 0.1) is 13.0 Å². The van der Waals surface area contributed by atoms with Crippen molar-refractivity contribution < 1.29 is 23.4 Å². The molecule has 0 N–H and O–H groups in total. The third-order valence-corrected chi connectivity index (χ3v) is 7.96. The second-order valence-corrected chi connectivity index (χ2v) is 11.2. The molecule has 0 aliphatic carbocycles. The fourth-order valence-electron chi connectivity index (χ4n) is 3.46. The molecule has 3 aromatic rings. The van der Waals surface area contributed by atoms with Crippen LogP contribution in [0.2, 0.25) is 0 Å². The molecule has 3 aromatic carbocycles. The summed E-state index contributed by atoms with van der Waals surface area (Å²) in [6, 6.07) is 17.8. The van der Waals surface area contributed by atoms with E-state index in [9.17, 15) is 9.18 Å². The Kier molecular flexibility index (Phi) is 9.84. The van der Waals surface area contributed by atoms with E-state index in [2.05, 4.69) is 45.2 Å². The SMILES string of the molecule is COCCN1C(=O)/C(=C/c2cc(I)c(OCc3ccccc3F)c(I)c2)SC1=Nc1ccc(OC)cc1. The van der Waals surface area contributed by atoms with Gasteiger partial charge >= 0.3 is 0 Å². The number of methoxy groups -OCH3 is 2. The molecule has 1 heterocycles. The van der Waals surface area contributed by atoms with Crippen molar-refractivity contribution in [3.05, 3.63) is 89.7 Å². The molecule has 1 fully saturated rings. The van der Waals surface area contributed by atoms with Crippen molar-refractivity contribution in [1.29, 1.82) is 0 Å². The first-order chi connectivity index (χ1) is 17.9. The number of thioether (sulfide) groups is 1. The Labute approximate surface area is 246 Å². The van der Waals surface area contributed by atoms with Gasteiger partial charge in [0.25, 0.3) is 5.91 Å². The molecule has 0 saturated carbocycles. The van der Waals surface area contributed by atoms with E-state index in [1.807, 2.05) is 42.5 Å². The lowest BCUT2D eigenvalue weighted by Gasteiger charge is -2.14. The fourth-order valence-corrected chi connectivity index (χ4v) is 6.61. The van der Waals surface area contributed by atoms with E-state index in [4.69, 9.17) is 19.2 Å². The van der Waals surface area contributed by atoms with Crippen molar-refractivity contribution in [2.45, 2.75) is 6.61 Å². The van der Waals surface area contributed by atoms with Crippen LogP contribution in [0.4, 0.5) is 10.1 Å². The number of carbonyl (C=O) groups is 1. The Hall–Kier alpha value is -2.16. The van der Waals surface area contributed by atoms with Gasteiger partial charge in [-0.3, -0.25) is 9.69 Å². The Balaban J connectivity index is 1.57. The van der Waals surface area contributed by atoms with Crippen molar-refractivity contribution in [2.75, 3.05) is 27.4 Å². The van der Waals surface area contributed by atoms with Crippen LogP contribution in [0.5, 0.6) is 11.5 Å². The molecular formula is C27H23FI2N2O4S. The number of hydrogen-bond donors (Lipinski definition) is 0. The third kappa shape index (κ3) is 7.03. The maximum absolute atomic E-state index is 14.0. The fraction of sp³-hybridized carbons (Fsp3) is 0.185. The van der Waals surface area contributed by atoms with Gasteiger partial charge in [0.15, 0.2) is 5.17 Å². The molecule has 10 heteroatoms. The normalized spacial score (nSPS) is 15.6. The number of amides is 1. The van der Waals surface area contributed by atoms with Gasteiger partial charge in [-0.15, -0.1) is 0 Å². The molecule has 1 amide bonds. The molecule has 1 saturated heterocycles. The van der Waals surface area contributed by atoms with Crippen molar-refractivity contribution in [2.24, 2.45) is 4.99 Å². The Morgan fingerprint density at radius 1 is 1.05 bits per heavy atom. The highest BCUT2D eigenvalue weighted by Gasteiger charge is 2.33. The zero-order valence-corrected chi connectivity index (χ0v) is 25.2. The van der Waals surface area contributed by atoms with Gasteiger partial charge in [0.1, 0.15) is 23.9 Å². The van der Waals surface area contributed by atoms with Crippen LogP contribution in [0.1, 0.15) is 11.1 Å². The number of nitrogens with zero attached hydrogens (tertiary/aromatic N) is 2. The molecule has 0 bridgehead atoms. The summed E-state index contributed by atoms with van der Waals surface area (Å²) in [5, 5.41) is 0.590. The first-order valence-electron chi connectivity index (χ1n) is 11.2. The molecule has 192 valence electrons. The van der Waals surface area contributed by atoms with E-state index in [0.717, 1.165) is 24.1 Å². The number of rotatable bonds is 9. The van der Waals surface area contributed by atoms with Crippen LogP contribution in [-0.2, 0) is 16.1 Å². The Morgan fingerprint density at radius 2 is 1.76 bits per heavy atom. The summed E-state index contributed by atoms with van der Waals surface area (Å²) in [7, 11) is 3.21. The predicted octanol–water partition coefficient (Wildman–Crippen LogP) is 6.87. The molecule has 0 unspecified atom stereocenters. The average Bonchev–Trinajstić information content (AvgIpc) is 3.17. The van der Waals surface area contributed by atoms with Gasteiger partial charge in [-0.2, -0.15) is 0 Å². The zero-order chi connectivity index (χ0) is 26.4. The lowest BCUT2D eigenvalue weighted by molar-refractivity contribution is -0.122. The summed E-state index contributed by atoms with van der Waals surface area (Å²) in [5.41, 5.74) is 2.08. The monoisotopic (exact) mass is 744 g/mol. The first-order valence-corrected chi connectivity index (χ1v) is 14.2. The third-order valence-electron chi connectivity index (χ3n) is 5.35. The topological polar surface area (TPSA) is 60.4 Å². The number of hydrogen-bond acceptors (Lipinski definition) is 6. The lowest BCUT2D eigenvalue weighted by Crippen LogP contribution is -2.32. The van der Waals surface area contributed by atoms with Crippen LogP contribution < -0.4 is 9.47 Å². The number of aliphatic imine (C=N–C) groups is 1. The molecule has 0 radical (unpaired) electrons. The van der Waals surface area contributed by atoms with Crippen molar-refractivity contribution in [3.63, 3.8) is 0 Å². The predicted molar refractivity (Wildman–Crippen MR) is 162 cm³/mol. The summed E-state index contributed by atoms with van der Waals surface area (Å²) < 4.78 is 32.1. The van der Waals surface area contributed by atoms with E-state index in [1.165, 1.54) is 17.8 Å². The van der Waals surface area contributed by atoms with Crippen molar-refractivity contribution in [3.8, 4) is 11.5 Å². The van der Waals surface area contributed by atoms with Crippen LogP contribution >= 0.6 is 56.9 Å². The second kappa shape index (κ2) is 13.1. The minimum absolute atomic E-state index is 0.126. The van der Waals surface area contributed by atoms with E-state index >= 15 is 0 Å². The van der Waals surface area contributed by atoms with E-state index in [-0.39, 0.29) is 18.3 Å². The molecule has 1 aliphatic rings. The maximum atomic E-state index is 14.0. The average molecular weight is 744 g/mol. The number of benzene rings is 3. The summed E-state index contributed by atoms with van der Waals surface area (Å²) in [5.74, 6) is 0.997. The van der Waals surface area contributed by atoms with Crippen molar-refractivity contribution in [1.82, 2.24) is 4.90 Å². The highest BCUT2D eigenvalue weighted by Crippen LogP contribution is 2.36. The standard InChI is InChI=1S/C27H23FI2N2O4S/c1-34-12-11-32-26(33)24(37-27(32)31-19-7-9-20(35-2)10-8-19)15-17-13-22(29)25(23(30)14-17)36-16-18-5-3-4-6-21(18)28/h3-10,13-15H,11-12,16H2,1-2H3/b24-15-,31-27?. The van der Waals surface area contributed by atoms with Crippen molar-refractivity contribution >= 4 is 79.8 Å². The minimum Gasteiger partial charge on any atom is -0.497 e. The molecule has 6 nitrogen and oxygen atoms in total. The maximum Gasteiger partial charge on any atom is 0.266 e. The molecule has 4 rings (SSSR count). The number of amidine groups is 1. The first kappa shape index (κ1) is 27.9. The molecule has 0 aromatic heterocycles. The Morgan fingerprint density at radius 3 is 2.41 bits per heavy atom. The molecule has 1 aliphatic heterocycles. The number of ether oxygens (including phenoxy) is 3. The van der Waals surface area contributed by atoms with Crippen LogP contribution in [0.15, 0.2) is 70.6 Å².